The average molecular weight is 475 g/mol. The Labute approximate surface area is 192 Å². The summed E-state index contributed by atoms with van der Waals surface area (Å²) in [6.45, 7) is 0.836. The Morgan fingerprint density at radius 2 is 1.82 bits per heavy atom. The molecular weight excluding hydrogens is 448 g/mol. The van der Waals surface area contributed by atoms with E-state index in [-0.39, 0.29) is 31.5 Å². The molecule has 4 rings (SSSR count). The molecule has 2 aliphatic heterocycles. The number of methoxy groups -OCH3 is 2. The van der Waals surface area contributed by atoms with E-state index in [4.69, 9.17) is 18.9 Å². The van der Waals surface area contributed by atoms with Crippen LogP contribution in [0.3, 0.4) is 0 Å². The van der Waals surface area contributed by atoms with Gasteiger partial charge in [0.05, 0.1) is 20.0 Å². The highest BCUT2D eigenvalue weighted by Gasteiger charge is 2.27. The summed E-state index contributed by atoms with van der Waals surface area (Å²) >= 11 is 0. The SMILES string of the molecule is COc1cc2c(cc1OC)CN(S(=O)(=O)CCNC(=O)/C=C/c1ccc3c(c1)OCO3)CC2. The van der Waals surface area contributed by atoms with Gasteiger partial charge >= 0.3 is 0 Å². The maximum absolute atomic E-state index is 12.8. The van der Waals surface area contributed by atoms with Gasteiger partial charge in [0.25, 0.3) is 0 Å². The standard InChI is InChI=1S/C23H26N2O7S/c1-29-20-12-17-7-9-25(14-18(17)13-21(20)30-2)33(27,28)10-8-24-23(26)6-4-16-3-5-19-22(11-16)32-15-31-19/h3-6,11-13H,7-10,14-15H2,1-2H3,(H,24,26)/b6-4+. The molecule has 2 aromatic carbocycles. The number of carbonyl (C=O) groups excluding carboxylic acids is 1. The number of fused-ring (bicyclic) bond motifs is 2. The molecule has 0 spiro atoms. The monoisotopic (exact) mass is 474 g/mol. The molecule has 1 N–H and O–H groups in total. The first-order chi connectivity index (χ1) is 15.9. The Hall–Kier alpha value is -3.24. The Morgan fingerprint density at radius 1 is 1.09 bits per heavy atom. The normalized spacial score (nSPS) is 15.3. The molecule has 2 aromatic rings. The molecule has 0 radical (unpaired) electrons. The first kappa shape index (κ1) is 22.9. The first-order valence-electron chi connectivity index (χ1n) is 10.5. The quantitative estimate of drug-likeness (QED) is 0.584. The van der Waals surface area contributed by atoms with Crippen LogP contribution in [0.2, 0.25) is 0 Å². The van der Waals surface area contributed by atoms with Crippen molar-refractivity contribution in [1.29, 1.82) is 0 Å². The zero-order valence-electron chi connectivity index (χ0n) is 18.5. The number of amides is 1. The van der Waals surface area contributed by atoms with Crippen molar-refractivity contribution in [2.24, 2.45) is 0 Å². The third-order valence-corrected chi connectivity index (χ3v) is 7.38. The number of benzene rings is 2. The Bertz CT molecular complexity index is 1180. The third-order valence-electron chi connectivity index (χ3n) is 5.56. The summed E-state index contributed by atoms with van der Waals surface area (Å²) in [5.74, 6) is 1.94. The van der Waals surface area contributed by atoms with Crippen LogP contribution in [0.1, 0.15) is 16.7 Å². The molecule has 9 nitrogen and oxygen atoms in total. The fourth-order valence-corrected chi connectivity index (χ4v) is 5.10. The van der Waals surface area contributed by atoms with Gasteiger partial charge in [0, 0.05) is 25.7 Å². The molecule has 10 heteroatoms. The molecule has 33 heavy (non-hydrogen) atoms. The van der Waals surface area contributed by atoms with Crippen molar-refractivity contribution >= 4 is 22.0 Å². The summed E-state index contributed by atoms with van der Waals surface area (Å²) in [6, 6.07) is 9.06. The van der Waals surface area contributed by atoms with Crippen molar-refractivity contribution in [3.05, 3.63) is 53.1 Å². The maximum Gasteiger partial charge on any atom is 0.244 e. The molecule has 0 aromatic heterocycles. The highest BCUT2D eigenvalue weighted by Crippen LogP contribution is 2.34. The van der Waals surface area contributed by atoms with Crippen LogP contribution in [0.15, 0.2) is 36.4 Å². The van der Waals surface area contributed by atoms with E-state index in [1.165, 1.54) is 10.4 Å². The Kier molecular flexibility index (Phi) is 6.75. The molecule has 0 aliphatic carbocycles. The minimum atomic E-state index is -3.54. The van der Waals surface area contributed by atoms with E-state index in [1.54, 1.807) is 38.5 Å². The molecule has 1 amide bonds. The van der Waals surface area contributed by atoms with E-state index in [1.807, 2.05) is 12.1 Å². The second kappa shape index (κ2) is 9.72. The second-order valence-electron chi connectivity index (χ2n) is 7.61. The lowest BCUT2D eigenvalue weighted by molar-refractivity contribution is -0.116. The highest BCUT2D eigenvalue weighted by atomic mass is 32.2. The van der Waals surface area contributed by atoms with Crippen molar-refractivity contribution < 1.29 is 32.2 Å². The smallest absolute Gasteiger partial charge is 0.244 e. The Morgan fingerprint density at radius 3 is 2.58 bits per heavy atom. The van der Waals surface area contributed by atoms with Crippen LogP contribution in [-0.2, 0) is 27.8 Å². The second-order valence-corrected chi connectivity index (χ2v) is 9.70. The fraction of sp³-hybridized carbons (Fsp3) is 0.348. The van der Waals surface area contributed by atoms with Crippen LogP contribution in [-0.4, -0.2) is 58.5 Å². The summed E-state index contributed by atoms with van der Waals surface area (Å²) in [5.41, 5.74) is 2.71. The number of nitrogens with one attached hydrogen (secondary N) is 1. The van der Waals surface area contributed by atoms with E-state index < -0.39 is 10.0 Å². The molecule has 0 saturated carbocycles. The van der Waals surface area contributed by atoms with E-state index >= 15 is 0 Å². The van der Waals surface area contributed by atoms with Gasteiger partial charge < -0.3 is 24.3 Å². The summed E-state index contributed by atoms with van der Waals surface area (Å²) in [6.07, 6.45) is 3.58. The largest absolute Gasteiger partial charge is 0.493 e. The zero-order chi connectivity index (χ0) is 23.4. The van der Waals surface area contributed by atoms with Gasteiger partial charge in [-0.15, -0.1) is 0 Å². The molecule has 0 unspecified atom stereocenters. The first-order valence-corrected chi connectivity index (χ1v) is 12.1. The summed E-state index contributed by atoms with van der Waals surface area (Å²) in [4.78, 5) is 12.1. The van der Waals surface area contributed by atoms with Gasteiger partial charge in [0.15, 0.2) is 23.0 Å². The van der Waals surface area contributed by atoms with Crippen LogP contribution >= 0.6 is 0 Å². The van der Waals surface area contributed by atoms with E-state index in [2.05, 4.69) is 5.32 Å². The Balaban J connectivity index is 1.31. The predicted molar refractivity (Wildman–Crippen MR) is 122 cm³/mol. The molecule has 176 valence electrons. The van der Waals surface area contributed by atoms with Crippen molar-refractivity contribution in [3.8, 4) is 23.0 Å². The van der Waals surface area contributed by atoms with Gasteiger partial charge in [-0.2, -0.15) is 4.31 Å². The number of carbonyl (C=O) groups is 1. The molecule has 0 saturated heterocycles. The zero-order valence-corrected chi connectivity index (χ0v) is 19.3. The van der Waals surface area contributed by atoms with Gasteiger partial charge in [-0.05, 0) is 53.5 Å². The minimum Gasteiger partial charge on any atom is -0.493 e. The highest BCUT2D eigenvalue weighted by molar-refractivity contribution is 7.89. The van der Waals surface area contributed by atoms with Crippen LogP contribution in [0.4, 0.5) is 0 Å². The minimum absolute atomic E-state index is 0.0158. The maximum atomic E-state index is 12.8. The number of nitrogens with zero attached hydrogens (tertiary/aromatic N) is 1. The van der Waals surface area contributed by atoms with Crippen molar-refractivity contribution in [2.45, 2.75) is 13.0 Å². The van der Waals surface area contributed by atoms with Gasteiger partial charge in [0.2, 0.25) is 22.7 Å². The number of ether oxygens (including phenoxy) is 4. The lowest BCUT2D eigenvalue weighted by atomic mass is 10.0. The average Bonchev–Trinajstić information content (AvgIpc) is 3.29. The molecule has 0 bridgehead atoms. The lowest BCUT2D eigenvalue weighted by Crippen LogP contribution is -2.40. The number of rotatable bonds is 8. The molecule has 0 fully saturated rings. The van der Waals surface area contributed by atoms with Gasteiger partial charge in [-0.25, -0.2) is 8.42 Å². The molecule has 2 heterocycles. The molecule has 2 aliphatic rings. The molecule has 0 atom stereocenters. The van der Waals surface area contributed by atoms with Crippen molar-refractivity contribution in [3.63, 3.8) is 0 Å². The van der Waals surface area contributed by atoms with Crippen LogP contribution in [0, 0.1) is 0 Å². The van der Waals surface area contributed by atoms with E-state index in [9.17, 15) is 13.2 Å². The third kappa shape index (κ3) is 5.23. The number of hydrogen-bond donors (Lipinski definition) is 1. The lowest BCUT2D eigenvalue weighted by Gasteiger charge is -2.29. The predicted octanol–water partition coefficient (Wildman–Crippen LogP) is 1.95. The summed E-state index contributed by atoms with van der Waals surface area (Å²) in [5, 5.41) is 2.63. The fourth-order valence-electron chi connectivity index (χ4n) is 3.77. The van der Waals surface area contributed by atoms with Gasteiger partial charge in [-0.3, -0.25) is 4.79 Å². The van der Waals surface area contributed by atoms with Crippen LogP contribution in [0.5, 0.6) is 23.0 Å². The number of sulfonamides is 1. The van der Waals surface area contributed by atoms with E-state index in [0.717, 1.165) is 16.7 Å². The van der Waals surface area contributed by atoms with Crippen molar-refractivity contribution in [1.82, 2.24) is 9.62 Å². The topological polar surface area (TPSA) is 103 Å². The van der Waals surface area contributed by atoms with Crippen LogP contribution < -0.4 is 24.3 Å². The van der Waals surface area contributed by atoms with Crippen LogP contribution in [0.25, 0.3) is 6.08 Å². The number of hydrogen-bond acceptors (Lipinski definition) is 7. The summed E-state index contributed by atoms with van der Waals surface area (Å²) < 4.78 is 48.3. The summed E-state index contributed by atoms with van der Waals surface area (Å²) in [7, 11) is -0.420. The van der Waals surface area contributed by atoms with Gasteiger partial charge in [-0.1, -0.05) is 6.07 Å². The van der Waals surface area contributed by atoms with E-state index in [0.29, 0.717) is 36.0 Å². The van der Waals surface area contributed by atoms with Gasteiger partial charge in [0.1, 0.15) is 0 Å². The molecular formula is C23H26N2O7S. The van der Waals surface area contributed by atoms with Crippen molar-refractivity contribution in [2.75, 3.05) is 39.9 Å².